The second-order valence-electron chi connectivity index (χ2n) is 7.40. The molecule has 4 nitrogen and oxygen atoms in total. The Morgan fingerprint density at radius 3 is 2.74 bits per heavy atom. The average molecular weight is 427 g/mol. The molecule has 1 fully saturated rings. The topological polar surface area (TPSA) is 44.1 Å². The summed E-state index contributed by atoms with van der Waals surface area (Å²) in [5.41, 5.74) is 2.81. The Labute approximate surface area is 167 Å². The summed E-state index contributed by atoms with van der Waals surface area (Å²) in [5.74, 6) is 1.23. The molecule has 0 aliphatic heterocycles. The number of hydrogen-bond donors (Lipinski definition) is 0. The van der Waals surface area contributed by atoms with Crippen molar-refractivity contribution in [3.8, 4) is 11.4 Å². The minimum absolute atomic E-state index is 0.0483. The van der Waals surface area contributed by atoms with E-state index < -0.39 is 0 Å². The standard InChI is InChI=1S/C22H23BrN2O2/c1-15-5-4-6-18(13-15)27-21(26)14-25-20-8-3-2-7-19(20)24-22(25)16-9-11-17(23)12-10-16/h2-3,7-12,15,18H,4-6,13-14H2,1H3. The summed E-state index contributed by atoms with van der Waals surface area (Å²) in [6.07, 6.45) is 4.36. The Morgan fingerprint density at radius 2 is 1.96 bits per heavy atom. The molecule has 0 saturated heterocycles. The molecule has 2 atom stereocenters. The summed E-state index contributed by atoms with van der Waals surface area (Å²) in [5, 5.41) is 0. The van der Waals surface area contributed by atoms with Crippen molar-refractivity contribution in [2.75, 3.05) is 0 Å². The second kappa shape index (κ2) is 7.85. The van der Waals surface area contributed by atoms with Gasteiger partial charge in [0, 0.05) is 10.0 Å². The van der Waals surface area contributed by atoms with Crippen LogP contribution in [-0.4, -0.2) is 21.6 Å². The fourth-order valence-electron chi connectivity index (χ4n) is 3.89. The number of esters is 1. The lowest BCUT2D eigenvalue weighted by atomic mass is 9.89. The van der Waals surface area contributed by atoms with Crippen LogP contribution in [-0.2, 0) is 16.1 Å². The van der Waals surface area contributed by atoms with Gasteiger partial charge in [-0.2, -0.15) is 0 Å². The molecule has 4 rings (SSSR count). The van der Waals surface area contributed by atoms with Gasteiger partial charge in [-0.3, -0.25) is 4.79 Å². The van der Waals surface area contributed by atoms with Gasteiger partial charge >= 0.3 is 5.97 Å². The highest BCUT2D eigenvalue weighted by molar-refractivity contribution is 9.10. The normalized spacial score (nSPS) is 19.9. The predicted octanol–water partition coefficient (Wildman–Crippen LogP) is 5.59. The van der Waals surface area contributed by atoms with E-state index in [0.29, 0.717) is 5.92 Å². The quantitative estimate of drug-likeness (QED) is 0.510. The van der Waals surface area contributed by atoms with Gasteiger partial charge in [0.2, 0.25) is 0 Å². The number of rotatable bonds is 4. The molecule has 0 radical (unpaired) electrons. The number of fused-ring (bicyclic) bond motifs is 1. The van der Waals surface area contributed by atoms with Gasteiger partial charge in [0.05, 0.1) is 11.0 Å². The molecule has 5 heteroatoms. The molecule has 1 aliphatic carbocycles. The highest BCUT2D eigenvalue weighted by atomic mass is 79.9. The third-order valence-electron chi connectivity index (χ3n) is 5.23. The SMILES string of the molecule is CC1CCCC(OC(=O)Cn2c(-c3ccc(Br)cc3)nc3ccccc32)C1. The summed E-state index contributed by atoms with van der Waals surface area (Å²) < 4.78 is 8.78. The summed E-state index contributed by atoms with van der Waals surface area (Å²) in [7, 11) is 0. The zero-order valence-corrected chi connectivity index (χ0v) is 17.0. The number of carbonyl (C=O) groups is 1. The van der Waals surface area contributed by atoms with Gasteiger partial charge in [-0.15, -0.1) is 0 Å². The molecule has 1 aromatic heterocycles. The van der Waals surface area contributed by atoms with Crippen LogP contribution in [0.2, 0.25) is 0 Å². The molecule has 1 aliphatic rings. The number of ether oxygens (including phenoxy) is 1. The van der Waals surface area contributed by atoms with E-state index in [0.717, 1.165) is 46.2 Å². The van der Waals surface area contributed by atoms with Crippen LogP contribution in [0.25, 0.3) is 22.4 Å². The van der Waals surface area contributed by atoms with Gasteiger partial charge in [0.25, 0.3) is 0 Å². The minimum Gasteiger partial charge on any atom is -0.461 e. The number of nitrogens with zero attached hydrogens (tertiary/aromatic N) is 2. The van der Waals surface area contributed by atoms with Crippen molar-refractivity contribution < 1.29 is 9.53 Å². The second-order valence-corrected chi connectivity index (χ2v) is 8.32. The maximum Gasteiger partial charge on any atom is 0.326 e. The lowest BCUT2D eigenvalue weighted by Gasteiger charge is -2.26. The molecule has 2 aromatic carbocycles. The van der Waals surface area contributed by atoms with E-state index in [1.807, 2.05) is 53.1 Å². The Bertz CT molecular complexity index is 949. The van der Waals surface area contributed by atoms with Gasteiger partial charge in [0.1, 0.15) is 18.5 Å². The van der Waals surface area contributed by atoms with Crippen LogP contribution in [0, 0.1) is 5.92 Å². The first kappa shape index (κ1) is 18.2. The molecule has 1 saturated carbocycles. The van der Waals surface area contributed by atoms with Crippen LogP contribution in [0.15, 0.2) is 53.0 Å². The van der Waals surface area contributed by atoms with Gasteiger partial charge in [-0.1, -0.05) is 53.5 Å². The van der Waals surface area contributed by atoms with Crippen molar-refractivity contribution in [1.29, 1.82) is 0 Å². The number of hydrogen-bond acceptors (Lipinski definition) is 3. The van der Waals surface area contributed by atoms with E-state index in [2.05, 4.69) is 22.9 Å². The smallest absolute Gasteiger partial charge is 0.326 e. The zero-order valence-electron chi connectivity index (χ0n) is 15.4. The minimum atomic E-state index is -0.185. The van der Waals surface area contributed by atoms with Crippen LogP contribution in [0.3, 0.4) is 0 Å². The molecule has 0 bridgehead atoms. The summed E-state index contributed by atoms with van der Waals surface area (Å²) in [4.78, 5) is 17.5. The fraction of sp³-hybridized carbons (Fsp3) is 0.364. The van der Waals surface area contributed by atoms with Crippen molar-refractivity contribution in [2.24, 2.45) is 5.92 Å². The molecule has 1 heterocycles. The van der Waals surface area contributed by atoms with E-state index in [1.165, 1.54) is 6.42 Å². The lowest BCUT2D eigenvalue weighted by molar-refractivity contribution is -0.151. The first-order chi connectivity index (χ1) is 13.1. The first-order valence-electron chi connectivity index (χ1n) is 9.51. The maximum atomic E-state index is 12.7. The van der Waals surface area contributed by atoms with E-state index in [1.54, 1.807) is 0 Å². The molecule has 0 spiro atoms. The van der Waals surface area contributed by atoms with Crippen molar-refractivity contribution in [3.63, 3.8) is 0 Å². The summed E-state index contributed by atoms with van der Waals surface area (Å²) in [6.45, 7) is 2.41. The molecule has 140 valence electrons. The van der Waals surface area contributed by atoms with Crippen LogP contribution < -0.4 is 0 Å². The highest BCUT2D eigenvalue weighted by Gasteiger charge is 2.23. The fourth-order valence-corrected chi connectivity index (χ4v) is 4.16. The molecule has 2 unspecified atom stereocenters. The molecule has 0 N–H and O–H groups in total. The van der Waals surface area contributed by atoms with E-state index in [9.17, 15) is 4.79 Å². The number of halogens is 1. The van der Waals surface area contributed by atoms with E-state index in [4.69, 9.17) is 9.72 Å². The van der Waals surface area contributed by atoms with Gasteiger partial charge in [0.15, 0.2) is 0 Å². The van der Waals surface area contributed by atoms with Crippen molar-refractivity contribution in [2.45, 2.75) is 45.3 Å². The Hall–Kier alpha value is -2.14. The van der Waals surface area contributed by atoms with Crippen LogP contribution >= 0.6 is 15.9 Å². The van der Waals surface area contributed by atoms with E-state index in [-0.39, 0.29) is 18.6 Å². The van der Waals surface area contributed by atoms with Gasteiger partial charge < -0.3 is 9.30 Å². The van der Waals surface area contributed by atoms with Crippen molar-refractivity contribution in [1.82, 2.24) is 9.55 Å². The number of para-hydroxylation sites is 2. The average Bonchev–Trinajstić information content (AvgIpc) is 3.01. The van der Waals surface area contributed by atoms with E-state index >= 15 is 0 Å². The van der Waals surface area contributed by atoms with Crippen LogP contribution in [0.4, 0.5) is 0 Å². The van der Waals surface area contributed by atoms with Crippen molar-refractivity contribution in [3.05, 3.63) is 53.0 Å². The van der Waals surface area contributed by atoms with Crippen LogP contribution in [0.5, 0.6) is 0 Å². The summed E-state index contributed by atoms with van der Waals surface area (Å²) in [6, 6.07) is 15.9. The number of imidazole rings is 1. The molecule has 27 heavy (non-hydrogen) atoms. The number of carbonyl (C=O) groups excluding carboxylic acids is 1. The van der Waals surface area contributed by atoms with Crippen LogP contribution in [0.1, 0.15) is 32.6 Å². The third kappa shape index (κ3) is 4.08. The molecular formula is C22H23BrN2O2. The number of aromatic nitrogens is 2. The highest BCUT2D eigenvalue weighted by Crippen LogP contribution is 2.28. The molecule has 3 aromatic rings. The summed E-state index contributed by atoms with van der Waals surface area (Å²) >= 11 is 3.47. The van der Waals surface area contributed by atoms with Gasteiger partial charge in [-0.05, 0) is 49.4 Å². The monoisotopic (exact) mass is 426 g/mol. The number of benzene rings is 2. The Balaban J connectivity index is 1.62. The lowest BCUT2D eigenvalue weighted by Crippen LogP contribution is -2.26. The largest absolute Gasteiger partial charge is 0.461 e. The third-order valence-corrected chi connectivity index (χ3v) is 5.76. The molecular weight excluding hydrogens is 404 g/mol. The predicted molar refractivity (Wildman–Crippen MR) is 110 cm³/mol. The van der Waals surface area contributed by atoms with Crippen molar-refractivity contribution >= 4 is 32.9 Å². The van der Waals surface area contributed by atoms with Gasteiger partial charge in [-0.25, -0.2) is 4.98 Å². The first-order valence-corrected chi connectivity index (χ1v) is 10.3. The molecule has 0 amide bonds. The Kier molecular flexibility index (Phi) is 5.30. The Morgan fingerprint density at radius 1 is 1.19 bits per heavy atom. The maximum absolute atomic E-state index is 12.7. The zero-order chi connectivity index (χ0) is 18.8.